The summed E-state index contributed by atoms with van der Waals surface area (Å²) in [5.74, 6) is -2.84. The summed E-state index contributed by atoms with van der Waals surface area (Å²) in [4.78, 5) is 23.6. The number of benzene rings is 1. The standard InChI is InChI=1S/C34H58O4/c1-3-5-7-9-11-13-15-17-19-21-23-25-29-27-28-31(33(35)36)32(34(37)38)30(29)26-24-22-20-18-16-14-12-10-8-6-4-2/h27-28H,3-26H2,1-2H3,(H,35,36)(H,37,38)/p-2. The van der Waals surface area contributed by atoms with Crippen molar-refractivity contribution in [2.24, 2.45) is 0 Å². The first-order valence-electron chi connectivity index (χ1n) is 16.1. The van der Waals surface area contributed by atoms with Crippen LogP contribution in [-0.2, 0) is 12.8 Å². The van der Waals surface area contributed by atoms with Gasteiger partial charge in [-0.05, 0) is 36.8 Å². The highest BCUT2D eigenvalue weighted by atomic mass is 16.4. The average molecular weight is 529 g/mol. The van der Waals surface area contributed by atoms with Gasteiger partial charge in [0.15, 0.2) is 0 Å². The summed E-state index contributed by atoms with van der Waals surface area (Å²) < 4.78 is 0. The Hall–Kier alpha value is -1.84. The molecule has 4 heteroatoms. The van der Waals surface area contributed by atoms with Crippen LogP contribution in [0.2, 0.25) is 0 Å². The largest absolute Gasteiger partial charge is 0.545 e. The molecule has 0 aromatic heterocycles. The fourth-order valence-corrected chi connectivity index (χ4v) is 5.56. The third kappa shape index (κ3) is 15.5. The average Bonchev–Trinajstić information content (AvgIpc) is 2.90. The first-order chi connectivity index (χ1) is 18.5. The summed E-state index contributed by atoms with van der Waals surface area (Å²) in [6.07, 6.45) is 28.8. The van der Waals surface area contributed by atoms with Crippen molar-refractivity contribution < 1.29 is 19.8 Å². The molecular formula is C34H56O4-2. The maximum absolute atomic E-state index is 12.0. The van der Waals surface area contributed by atoms with Gasteiger partial charge in [0.25, 0.3) is 0 Å². The molecule has 0 fully saturated rings. The molecule has 4 nitrogen and oxygen atoms in total. The molecule has 0 aliphatic rings. The van der Waals surface area contributed by atoms with Crippen LogP contribution in [0.1, 0.15) is 187 Å². The Morgan fingerprint density at radius 2 is 0.868 bits per heavy atom. The fourth-order valence-electron chi connectivity index (χ4n) is 5.56. The van der Waals surface area contributed by atoms with Gasteiger partial charge in [-0.15, -0.1) is 0 Å². The van der Waals surface area contributed by atoms with Crippen molar-refractivity contribution in [2.45, 2.75) is 168 Å². The molecule has 0 spiro atoms. The van der Waals surface area contributed by atoms with Crippen LogP contribution in [0, 0.1) is 0 Å². The number of carboxylic acid groups (broad SMARTS) is 2. The zero-order valence-corrected chi connectivity index (χ0v) is 24.8. The molecule has 0 radical (unpaired) electrons. The van der Waals surface area contributed by atoms with Gasteiger partial charge in [-0.25, -0.2) is 0 Å². The molecule has 1 aromatic carbocycles. The van der Waals surface area contributed by atoms with Gasteiger partial charge in [0, 0.05) is 11.1 Å². The van der Waals surface area contributed by atoms with Crippen LogP contribution in [-0.4, -0.2) is 11.9 Å². The Bertz CT molecular complexity index is 755. The maximum atomic E-state index is 12.0. The number of carboxylic acids is 2. The first kappa shape index (κ1) is 34.2. The lowest BCUT2D eigenvalue weighted by Gasteiger charge is -2.20. The molecule has 1 rings (SSSR count). The van der Waals surface area contributed by atoms with Crippen molar-refractivity contribution in [3.8, 4) is 0 Å². The van der Waals surface area contributed by atoms with Gasteiger partial charge in [-0.3, -0.25) is 0 Å². The molecule has 0 unspecified atom stereocenters. The summed E-state index contributed by atoms with van der Waals surface area (Å²) in [7, 11) is 0. The predicted molar refractivity (Wildman–Crippen MR) is 155 cm³/mol. The van der Waals surface area contributed by atoms with Crippen molar-refractivity contribution in [3.63, 3.8) is 0 Å². The molecule has 0 amide bonds. The van der Waals surface area contributed by atoms with E-state index in [1.807, 2.05) is 6.07 Å². The van der Waals surface area contributed by atoms with Crippen LogP contribution in [0.4, 0.5) is 0 Å². The summed E-state index contributed by atoms with van der Waals surface area (Å²) in [6, 6.07) is 3.21. The number of aromatic carboxylic acids is 2. The third-order valence-electron chi connectivity index (χ3n) is 7.91. The fraction of sp³-hybridized carbons (Fsp3) is 0.765. The minimum Gasteiger partial charge on any atom is -0.545 e. The van der Waals surface area contributed by atoms with Gasteiger partial charge in [0.1, 0.15) is 0 Å². The van der Waals surface area contributed by atoms with Crippen LogP contribution >= 0.6 is 0 Å². The summed E-state index contributed by atoms with van der Waals surface area (Å²) in [5, 5.41) is 23.6. The zero-order chi connectivity index (χ0) is 27.8. The second kappa shape index (κ2) is 23.1. The lowest BCUT2D eigenvalue weighted by molar-refractivity contribution is -0.259. The van der Waals surface area contributed by atoms with Gasteiger partial charge in [0.05, 0.1) is 11.9 Å². The monoisotopic (exact) mass is 528 g/mol. The van der Waals surface area contributed by atoms with Gasteiger partial charge in [-0.1, -0.05) is 154 Å². The minimum atomic E-state index is -1.44. The Morgan fingerprint density at radius 3 is 1.24 bits per heavy atom. The van der Waals surface area contributed by atoms with Crippen molar-refractivity contribution >= 4 is 11.9 Å². The van der Waals surface area contributed by atoms with E-state index in [4.69, 9.17) is 0 Å². The van der Waals surface area contributed by atoms with Gasteiger partial charge in [0.2, 0.25) is 0 Å². The van der Waals surface area contributed by atoms with E-state index in [2.05, 4.69) is 13.8 Å². The summed E-state index contributed by atoms with van der Waals surface area (Å²) >= 11 is 0. The number of hydrogen-bond donors (Lipinski definition) is 0. The Balaban J connectivity index is 2.48. The molecule has 0 atom stereocenters. The highest BCUT2D eigenvalue weighted by Crippen LogP contribution is 2.24. The zero-order valence-electron chi connectivity index (χ0n) is 24.8. The van der Waals surface area contributed by atoms with E-state index in [1.165, 1.54) is 115 Å². The van der Waals surface area contributed by atoms with Crippen LogP contribution in [0.5, 0.6) is 0 Å². The van der Waals surface area contributed by atoms with E-state index < -0.39 is 11.9 Å². The highest BCUT2D eigenvalue weighted by Gasteiger charge is 2.15. The second-order valence-corrected chi connectivity index (χ2v) is 11.3. The van der Waals surface area contributed by atoms with E-state index in [9.17, 15) is 19.8 Å². The van der Waals surface area contributed by atoms with Gasteiger partial charge < -0.3 is 19.8 Å². The predicted octanol–water partition coefficient (Wildman–Crippen LogP) is 8.12. The number of rotatable bonds is 26. The minimum absolute atomic E-state index is 0.155. The number of carbonyl (C=O) groups excluding carboxylic acids is 2. The summed E-state index contributed by atoms with van der Waals surface area (Å²) in [6.45, 7) is 4.49. The smallest absolute Gasteiger partial charge is 0.0724 e. The summed E-state index contributed by atoms with van der Waals surface area (Å²) in [5.41, 5.74) is 1.23. The third-order valence-corrected chi connectivity index (χ3v) is 7.91. The molecule has 0 heterocycles. The van der Waals surface area contributed by atoms with Crippen molar-refractivity contribution in [3.05, 3.63) is 34.4 Å². The Kier molecular flexibility index (Phi) is 20.8. The number of aryl methyl sites for hydroxylation is 1. The Labute approximate surface area is 234 Å². The van der Waals surface area contributed by atoms with Crippen LogP contribution < -0.4 is 10.2 Å². The Morgan fingerprint density at radius 1 is 0.500 bits per heavy atom. The molecule has 1 aromatic rings. The van der Waals surface area contributed by atoms with E-state index in [0.717, 1.165) is 44.1 Å². The number of carbonyl (C=O) groups is 2. The number of hydrogen-bond acceptors (Lipinski definition) is 4. The SMILES string of the molecule is CCCCCCCCCCCCCc1ccc(C(=O)[O-])c(C(=O)[O-])c1CCCCCCCCCCCCC. The molecule has 0 bridgehead atoms. The second-order valence-electron chi connectivity index (χ2n) is 11.3. The van der Waals surface area contributed by atoms with Crippen LogP contribution in [0.25, 0.3) is 0 Å². The van der Waals surface area contributed by atoms with E-state index in [0.29, 0.717) is 12.0 Å². The number of unbranched alkanes of at least 4 members (excludes halogenated alkanes) is 20. The lowest BCUT2D eigenvalue weighted by Crippen LogP contribution is -2.31. The first-order valence-corrected chi connectivity index (χ1v) is 16.1. The normalized spacial score (nSPS) is 11.2. The molecule has 0 aliphatic carbocycles. The molecule has 0 N–H and O–H groups in total. The molecule has 0 saturated carbocycles. The molecule has 38 heavy (non-hydrogen) atoms. The van der Waals surface area contributed by atoms with Crippen molar-refractivity contribution in [2.75, 3.05) is 0 Å². The molecule has 0 saturated heterocycles. The maximum Gasteiger partial charge on any atom is 0.0724 e. The van der Waals surface area contributed by atoms with Crippen molar-refractivity contribution in [1.82, 2.24) is 0 Å². The van der Waals surface area contributed by atoms with Crippen LogP contribution in [0.15, 0.2) is 12.1 Å². The van der Waals surface area contributed by atoms with E-state index >= 15 is 0 Å². The van der Waals surface area contributed by atoms with Gasteiger partial charge >= 0.3 is 0 Å². The van der Waals surface area contributed by atoms with E-state index in [1.54, 1.807) is 0 Å². The highest BCUT2D eigenvalue weighted by molar-refractivity contribution is 6.01. The van der Waals surface area contributed by atoms with Gasteiger partial charge in [-0.2, -0.15) is 0 Å². The lowest BCUT2D eigenvalue weighted by atomic mass is 9.89. The molecule has 218 valence electrons. The van der Waals surface area contributed by atoms with E-state index in [-0.39, 0.29) is 11.1 Å². The van der Waals surface area contributed by atoms with Crippen molar-refractivity contribution in [1.29, 1.82) is 0 Å². The topological polar surface area (TPSA) is 80.3 Å². The van der Waals surface area contributed by atoms with Crippen LogP contribution in [0.3, 0.4) is 0 Å². The quantitative estimate of drug-likeness (QED) is 0.114. The molecular weight excluding hydrogens is 472 g/mol. The molecule has 0 aliphatic heterocycles.